The van der Waals surface area contributed by atoms with Crippen molar-refractivity contribution in [2.24, 2.45) is 0 Å². The molecule has 17 heavy (non-hydrogen) atoms. The van der Waals surface area contributed by atoms with Gasteiger partial charge in [-0.2, -0.15) is 0 Å². The first-order valence-electron chi connectivity index (χ1n) is 5.68. The van der Waals surface area contributed by atoms with E-state index in [9.17, 15) is 4.79 Å². The third-order valence-electron chi connectivity index (χ3n) is 3.09. The predicted octanol–water partition coefficient (Wildman–Crippen LogP) is 2.45. The van der Waals surface area contributed by atoms with Gasteiger partial charge in [0.1, 0.15) is 0 Å². The second-order valence-electron chi connectivity index (χ2n) is 4.26. The van der Waals surface area contributed by atoms with E-state index >= 15 is 0 Å². The molecular formula is C12H12ClN3O. The molecule has 1 aromatic carbocycles. The molecule has 1 aliphatic heterocycles. The van der Waals surface area contributed by atoms with Crippen LogP contribution in [0, 0.1) is 0 Å². The van der Waals surface area contributed by atoms with Crippen LogP contribution >= 0.6 is 11.6 Å². The zero-order chi connectivity index (χ0) is 11.8. The molecule has 1 amide bonds. The van der Waals surface area contributed by atoms with E-state index in [2.05, 4.69) is 9.97 Å². The highest BCUT2D eigenvalue weighted by molar-refractivity contribution is 6.29. The molecule has 2 heterocycles. The summed E-state index contributed by atoms with van der Waals surface area (Å²) in [4.78, 5) is 21.1. The number of likely N-dealkylation sites (tertiary alicyclic amines) is 1. The van der Waals surface area contributed by atoms with Crippen molar-refractivity contribution in [3.63, 3.8) is 0 Å². The lowest BCUT2D eigenvalue weighted by Gasteiger charge is -2.14. The van der Waals surface area contributed by atoms with Crippen LogP contribution in [0.1, 0.15) is 23.2 Å². The molecule has 1 fully saturated rings. The fourth-order valence-corrected chi connectivity index (χ4v) is 2.41. The van der Waals surface area contributed by atoms with Gasteiger partial charge in [0.15, 0.2) is 0 Å². The number of carbonyl (C=O) groups excluding carboxylic acids is 1. The number of fused-ring (bicyclic) bond motifs is 1. The maximum absolute atomic E-state index is 12.2. The topological polar surface area (TPSA) is 49.0 Å². The lowest BCUT2D eigenvalue weighted by atomic mass is 10.2. The van der Waals surface area contributed by atoms with E-state index in [0.717, 1.165) is 37.0 Å². The van der Waals surface area contributed by atoms with Crippen molar-refractivity contribution in [3.05, 3.63) is 29.0 Å². The summed E-state index contributed by atoms with van der Waals surface area (Å²) in [5, 5.41) is 0.353. The van der Waals surface area contributed by atoms with Gasteiger partial charge in [-0.3, -0.25) is 4.79 Å². The van der Waals surface area contributed by atoms with Gasteiger partial charge in [0, 0.05) is 18.7 Å². The molecule has 88 valence electrons. The number of aromatic nitrogens is 2. The normalized spacial score (nSPS) is 15.7. The number of amides is 1. The maximum Gasteiger partial charge on any atom is 0.253 e. The van der Waals surface area contributed by atoms with Gasteiger partial charge >= 0.3 is 0 Å². The molecule has 0 spiro atoms. The summed E-state index contributed by atoms with van der Waals surface area (Å²) < 4.78 is 0. The number of H-pyrrole nitrogens is 1. The van der Waals surface area contributed by atoms with Crippen molar-refractivity contribution in [1.29, 1.82) is 0 Å². The van der Waals surface area contributed by atoms with Crippen LogP contribution in [-0.4, -0.2) is 33.9 Å². The quantitative estimate of drug-likeness (QED) is 0.844. The van der Waals surface area contributed by atoms with Gasteiger partial charge in [-0.15, -0.1) is 0 Å². The van der Waals surface area contributed by atoms with Crippen LogP contribution in [0.25, 0.3) is 11.0 Å². The van der Waals surface area contributed by atoms with Crippen molar-refractivity contribution in [3.8, 4) is 0 Å². The number of benzene rings is 1. The molecule has 0 bridgehead atoms. The van der Waals surface area contributed by atoms with Gasteiger partial charge in [0.2, 0.25) is 5.28 Å². The highest BCUT2D eigenvalue weighted by Gasteiger charge is 2.19. The molecule has 1 N–H and O–H groups in total. The van der Waals surface area contributed by atoms with Crippen LogP contribution in [0.15, 0.2) is 18.2 Å². The molecule has 1 aliphatic rings. The Hall–Kier alpha value is -1.55. The number of rotatable bonds is 1. The fraction of sp³-hybridized carbons (Fsp3) is 0.333. The molecule has 3 rings (SSSR count). The summed E-state index contributed by atoms with van der Waals surface area (Å²) in [6.45, 7) is 1.72. The Balaban J connectivity index is 1.96. The number of halogens is 1. The molecule has 0 saturated carbocycles. The zero-order valence-electron chi connectivity index (χ0n) is 9.24. The number of hydrogen-bond acceptors (Lipinski definition) is 2. The summed E-state index contributed by atoms with van der Waals surface area (Å²) in [6, 6.07) is 5.44. The van der Waals surface area contributed by atoms with Crippen molar-refractivity contribution < 1.29 is 4.79 Å². The van der Waals surface area contributed by atoms with Crippen LogP contribution in [0.2, 0.25) is 5.28 Å². The minimum Gasteiger partial charge on any atom is -0.339 e. The summed E-state index contributed by atoms with van der Waals surface area (Å²) in [5.74, 6) is 0.0927. The molecular weight excluding hydrogens is 238 g/mol. The van der Waals surface area contributed by atoms with Gasteiger partial charge < -0.3 is 9.88 Å². The number of aromatic amines is 1. The molecule has 0 atom stereocenters. The number of imidazole rings is 1. The van der Waals surface area contributed by atoms with Crippen molar-refractivity contribution >= 4 is 28.5 Å². The first-order chi connectivity index (χ1) is 8.24. The smallest absolute Gasteiger partial charge is 0.253 e. The third kappa shape index (κ3) is 1.89. The van der Waals surface area contributed by atoms with Gasteiger partial charge in [0.25, 0.3) is 5.91 Å². The summed E-state index contributed by atoms with van der Waals surface area (Å²) in [5.41, 5.74) is 2.28. The Morgan fingerprint density at radius 2 is 2.12 bits per heavy atom. The van der Waals surface area contributed by atoms with Gasteiger partial charge in [0.05, 0.1) is 11.0 Å². The van der Waals surface area contributed by atoms with Gasteiger partial charge in [-0.05, 0) is 42.6 Å². The second-order valence-corrected chi connectivity index (χ2v) is 4.62. The predicted molar refractivity (Wildman–Crippen MR) is 66.2 cm³/mol. The Morgan fingerprint density at radius 3 is 2.88 bits per heavy atom. The van der Waals surface area contributed by atoms with E-state index in [1.54, 1.807) is 6.07 Å². The molecule has 4 nitrogen and oxygen atoms in total. The first kappa shape index (κ1) is 10.6. The van der Waals surface area contributed by atoms with Crippen LogP contribution in [0.4, 0.5) is 0 Å². The third-order valence-corrected chi connectivity index (χ3v) is 3.27. The minimum absolute atomic E-state index is 0.0927. The molecule has 1 saturated heterocycles. The van der Waals surface area contributed by atoms with Crippen molar-refractivity contribution in [1.82, 2.24) is 14.9 Å². The largest absolute Gasteiger partial charge is 0.339 e. The minimum atomic E-state index is 0.0927. The molecule has 0 radical (unpaired) electrons. The van der Waals surface area contributed by atoms with E-state index in [1.165, 1.54) is 0 Å². The number of nitrogens with zero attached hydrogens (tertiary/aromatic N) is 2. The Morgan fingerprint density at radius 1 is 1.35 bits per heavy atom. The molecule has 0 unspecified atom stereocenters. The van der Waals surface area contributed by atoms with E-state index in [0.29, 0.717) is 10.8 Å². The van der Waals surface area contributed by atoms with Crippen molar-refractivity contribution in [2.45, 2.75) is 12.8 Å². The lowest BCUT2D eigenvalue weighted by molar-refractivity contribution is 0.0793. The fourth-order valence-electron chi connectivity index (χ4n) is 2.21. The SMILES string of the molecule is O=C(c1ccc2nc(Cl)[nH]c2c1)N1CCCC1. The van der Waals surface area contributed by atoms with Crippen LogP contribution in [-0.2, 0) is 0 Å². The van der Waals surface area contributed by atoms with Gasteiger partial charge in [-0.25, -0.2) is 4.98 Å². The van der Waals surface area contributed by atoms with E-state index in [1.807, 2.05) is 17.0 Å². The summed E-state index contributed by atoms with van der Waals surface area (Å²) in [6.07, 6.45) is 2.20. The molecule has 2 aromatic rings. The van der Waals surface area contributed by atoms with E-state index < -0.39 is 0 Å². The summed E-state index contributed by atoms with van der Waals surface area (Å²) >= 11 is 5.78. The highest BCUT2D eigenvalue weighted by atomic mass is 35.5. The van der Waals surface area contributed by atoms with E-state index in [4.69, 9.17) is 11.6 Å². The van der Waals surface area contributed by atoms with Gasteiger partial charge in [-0.1, -0.05) is 0 Å². The number of carbonyl (C=O) groups is 1. The Kier molecular flexibility index (Phi) is 2.52. The van der Waals surface area contributed by atoms with Crippen molar-refractivity contribution in [2.75, 3.05) is 13.1 Å². The Labute approximate surface area is 104 Å². The van der Waals surface area contributed by atoms with Crippen LogP contribution in [0.3, 0.4) is 0 Å². The number of hydrogen-bond donors (Lipinski definition) is 1. The number of nitrogens with one attached hydrogen (secondary N) is 1. The molecule has 5 heteroatoms. The zero-order valence-corrected chi connectivity index (χ0v) is 10.00. The second kappa shape index (κ2) is 4.04. The standard InChI is InChI=1S/C12H12ClN3O/c13-12-14-9-4-3-8(7-10(9)15-12)11(17)16-5-1-2-6-16/h3-4,7H,1-2,5-6H2,(H,14,15). The molecule has 0 aliphatic carbocycles. The summed E-state index contributed by atoms with van der Waals surface area (Å²) in [7, 11) is 0. The average molecular weight is 250 g/mol. The van der Waals surface area contributed by atoms with Crippen LogP contribution in [0.5, 0.6) is 0 Å². The lowest BCUT2D eigenvalue weighted by Crippen LogP contribution is -2.27. The Bertz CT molecular complexity index is 572. The van der Waals surface area contributed by atoms with Crippen LogP contribution < -0.4 is 0 Å². The average Bonchev–Trinajstić information content (AvgIpc) is 2.94. The van der Waals surface area contributed by atoms with E-state index in [-0.39, 0.29) is 5.91 Å². The maximum atomic E-state index is 12.2. The molecule has 1 aromatic heterocycles. The highest BCUT2D eigenvalue weighted by Crippen LogP contribution is 2.18. The first-order valence-corrected chi connectivity index (χ1v) is 6.06. The monoisotopic (exact) mass is 249 g/mol.